The number of anilines is 1. The minimum Gasteiger partial charge on any atom is -0.475 e. The van der Waals surface area contributed by atoms with E-state index in [0.29, 0.717) is 16.4 Å². The van der Waals surface area contributed by atoms with Crippen molar-refractivity contribution in [2.75, 3.05) is 18.1 Å². The molecule has 4 heterocycles. The van der Waals surface area contributed by atoms with Gasteiger partial charge < -0.3 is 15.6 Å². The largest absolute Gasteiger partial charge is 0.490 e. The zero-order valence-electron chi connectivity index (χ0n) is 19.5. The number of aromatic nitrogens is 4. The number of nitrogens with two attached hydrogens (primary N) is 1. The van der Waals surface area contributed by atoms with Crippen LogP contribution in [0.4, 0.5) is 27.6 Å². The van der Waals surface area contributed by atoms with E-state index in [1.54, 1.807) is 30.5 Å². The van der Waals surface area contributed by atoms with Gasteiger partial charge in [-0.05, 0) is 30.2 Å². The van der Waals surface area contributed by atoms with Crippen molar-refractivity contribution in [3.05, 3.63) is 68.7 Å². The number of hydrogen-bond acceptors (Lipinski definition) is 8. The third-order valence-corrected chi connectivity index (χ3v) is 5.73. The van der Waals surface area contributed by atoms with E-state index in [2.05, 4.69) is 22.0 Å². The van der Waals surface area contributed by atoms with Crippen LogP contribution < -0.4 is 21.1 Å². The minimum absolute atomic E-state index is 0.144. The van der Waals surface area contributed by atoms with E-state index in [4.69, 9.17) is 20.4 Å². The Morgan fingerprint density at radius 2 is 1.95 bits per heavy atom. The molecule has 3 aromatic heterocycles. The fourth-order valence-corrected chi connectivity index (χ4v) is 3.75. The molecule has 3 N–H and O–H groups in total. The first kappa shape index (κ1) is 29.0. The average molecular weight is 572 g/mol. The molecule has 4 rings (SSSR count). The van der Waals surface area contributed by atoms with Gasteiger partial charge >= 0.3 is 17.8 Å². The maximum atomic E-state index is 12.8. The number of carboxylic acid groups (broad SMARTS) is 1. The van der Waals surface area contributed by atoms with Gasteiger partial charge in [0.05, 0.1) is 18.0 Å². The number of carbonyl (C=O) groups is 2. The van der Waals surface area contributed by atoms with Gasteiger partial charge in [-0.1, -0.05) is 0 Å². The summed E-state index contributed by atoms with van der Waals surface area (Å²) in [7, 11) is 0. The van der Waals surface area contributed by atoms with Gasteiger partial charge in [0, 0.05) is 29.2 Å². The van der Waals surface area contributed by atoms with Crippen molar-refractivity contribution in [2.45, 2.75) is 19.3 Å². The summed E-state index contributed by atoms with van der Waals surface area (Å²) in [6.07, 6.45) is -4.14. The van der Waals surface area contributed by atoms with Crippen molar-refractivity contribution >= 4 is 28.9 Å². The van der Waals surface area contributed by atoms with E-state index >= 15 is 0 Å². The molecule has 39 heavy (non-hydrogen) atoms. The molecule has 3 aromatic rings. The van der Waals surface area contributed by atoms with Crippen LogP contribution >= 0.6 is 11.3 Å². The first-order valence-electron chi connectivity index (χ1n) is 10.6. The van der Waals surface area contributed by atoms with Crippen LogP contribution in [0, 0.1) is 12.0 Å². The molecule has 1 aliphatic heterocycles. The molecule has 0 aromatic carbocycles. The highest BCUT2D eigenvalue weighted by molar-refractivity contribution is 7.12. The summed E-state index contributed by atoms with van der Waals surface area (Å²) in [6, 6.07) is 9.77. The van der Waals surface area contributed by atoms with Gasteiger partial charge in [0.25, 0.3) is 12.0 Å². The van der Waals surface area contributed by atoms with Crippen LogP contribution in [0.5, 0.6) is 5.88 Å². The molecule has 0 bridgehead atoms. The maximum Gasteiger partial charge on any atom is 0.490 e. The Morgan fingerprint density at radius 3 is 2.59 bits per heavy atom. The summed E-state index contributed by atoms with van der Waals surface area (Å²) in [4.78, 5) is 40.3. The lowest BCUT2D eigenvalue weighted by atomic mass is 10.3. The number of ether oxygens (including phenoxy) is 1. The number of amides is 1. The summed E-state index contributed by atoms with van der Waals surface area (Å²) in [5.41, 5.74) is 4.89. The number of pyridine rings is 1. The Labute approximate surface area is 219 Å². The predicted octanol–water partition coefficient (Wildman–Crippen LogP) is 2.03. The molecule has 0 unspecified atom stereocenters. The number of carbonyl (C=O) groups excluding carboxylic acids is 1. The first-order chi connectivity index (χ1) is 18.4. The highest BCUT2D eigenvalue weighted by Gasteiger charge is 2.38. The molecular weight excluding hydrogens is 555 g/mol. The number of thiophene rings is 1. The number of alkyl halides is 3. The number of nitrogens with zero attached hydrogens (tertiary/aromatic N) is 5. The summed E-state index contributed by atoms with van der Waals surface area (Å²) < 4.78 is 64.8. The second-order valence-electron chi connectivity index (χ2n) is 7.42. The van der Waals surface area contributed by atoms with Gasteiger partial charge in [0.2, 0.25) is 5.88 Å². The summed E-state index contributed by atoms with van der Waals surface area (Å²) in [6.45, 7) is -0.667. The standard InChI is InChI=1S/C20H16F2N6O3S.C2HF3O2/c21-18(22)13(8-23)9-28-20(30)26(12-25-28)10-15-4-3-14(32-15)5-7-27-16-2-1-6-24-19(16)31-11-17(27)29;3-2(4,5)1(6)7/h1-4,6,12H,8-11,23H2;(H,6,7). The van der Waals surface area contributed by atoms with Crippen LogP contribution in [-0.4, -0.2) is 55.6 Å². The summed E-state index contributed by atoms with van der Waals surface area (Å²) in [5.74, 6) is 0.216. The third-order valence-electron chi connectivity index (χ3n) is 4.75. The lowest BCUT2D eigenvalue weighted by molar-refractivity contribution is -0.192. The number of rotatable bonds is 5. The SMILES string of the molecule is NCC(Cn1ncn(Cc2ccc(C#CN3C(=O)COc4ncccc43)s2)c1=O)=C(F)F.O=C(O)C(F)(F)F. The molecule has 0 aliphatic carbocycles. The highest BCUT2D eigenvalue weighted by Crippen LogP contribution is 2.28. The van der Waals surface area contributed by atoms with E-state index in [-0.39, 0.29) is 37.7 Å². The normalized spacial score (nSPS) is 12.4. The fraction of sp³-hybridized carbons (Fsp3) is 0.227. The highest BCUT2D eigenvalue weighted by atomic mass is 32.1. The molecule has 0 radical (unpaired) electrons. The molecule has 17 heteroatoms. The Morgan fingerprint density at radius 1 is 1.23 bits per heavy atom. The van der Waals surface area contributed by atoms with Crippen molar-refractivity contribution in [1.29, 1.82) is 0 Å². The van der Waals surface area contributed by atoms with E-state index < -0.39 is 23.9 Å². The summed E-state index contributed by atoms with van der Waals surface area (Å²) >= 11 is 1.34. The van der Waals surface area contributed by atoms with E-state index in [1.807, 2.05) is 0 Å². The zero-order valence-corrected chi connectivity index (χ0v) is 20.3. The van der Waals surface area contributed by atoms with Crippen molar-refractivity contribution in [2.24, 2.45) is 5.73 Å². The molecule has 11 nitrogen and oxygen atoms in total. The third kappa shape index (κ3) is 7.49. The lowest BCUT2D eigenvalue weighted by Gasteiger charge is -2.22. The van der Waals surface area contributed by atoms with E-state index in [9.17, 15) is 31.5 Å². The zero-order chi connectivity index (χ0) is 28.7. The second-order valence-corrected chi connectivity index (χ2v) is 8.59. The van der Waals surface area contributed by atoms with Crippen molar-refractivity contribution in [3.8, 4) is 17.8 Å². The minimum atomic E-state index is -5.08. The molecule has 0 atom stereocenters. The van der Waals surface area contributed by atoms with Gasteiger partial charge in [-0.25, -0.2) is 24.2 Å². The number of aliphatic carboxylic acids is 1. The number of halogens is 5. The van der Waals surface area contributed by atoms with Crippen LogP contribution in [0.15, 0.2) is 53.2 Å². The summed E-state index contributed by atoms with van der Waals surface area (Å²) in [5, 5.41) is 11.0. The molecule has 0 spiro atoms. The lowest BCUT2D eigenvalue weighted by Crippen LogP contribution is -2.35. The quantitative estimate of drug-likeness (QED) is 0.349. The van der Waals surface area contributed by atoms with Gasteiger partial charge in [-0.2, -0.15) is 27.1 Å². The molecular formula is C22H17F5N6O5S. The van der Waals surface area contributed by atoms with Gasteiger partial charge in [0.15, 0.2) is 6.61 Å². The average Bonchev–Trinajstić information content (AvgIpc) is 3.47. The molecule has 1 aliphatic rings. The number of hydrogen-bond donors (Lipinski definition) is 2. The Bertz CT molecular complexity index is 1510. The fourth-order valence-electron chi connectivity index (χ4n) is 2.90. The van der Waals surface area contributed by atoms with Crippen LogP contribution in [0.25, 0.3) is 0 Å². The monoisotopic (exact) mass is 572 g/mol. The van der Waals surface area contributed by atoms with E-state index in [1.165, 1.54) is 27.1 Å². The van der Waals surface area contributed by atoms with Crippen LogP contribution in [0.3, 0.4) is 0 Å². The second kappa shape index (κ2) is 12.3. The van der Waals surface area contributed by atoms with Crippen LogP contribution in [0.2, 0.25) is 0 Å². The topological polar surface area (TPSA) is 146 Å². The van der Waals surface area contributed by atoms with Crippen molar-refractivity contribution in [3.63, 3.8) is 0 Å². The maximum absolute atomic E-state index is 12.8. The smallest absolute Gasteiger partial charge is 0.475 e. The predicted molar refractivity (Wildman–Crippen MR) is 126 cm³/mol. The number of fused-ring (bicyclic) bond motifs is 1. The molecule has 206 valence electrons. The van der Waals surface area contributed by atoms with Crippen molar-refractivity contribution in [1.82, 2.24) is 19.3 Å². The number of carboxylic acids is 1. The molecule has 0 saturated heterocycles. The first-order valence-corrected chi connectivity index (χ1v) is 11.4. The van der Waals surface area contributed by atoms with Crippen molar-refractivity contribution < 1.29 is 41.4 Å². The van der Waals surface area contributed by atoms with E-state index in [0.717, 1.165) is 9.56 Å². The Balaban J connectivity index is 0.000000532. The van der Waals surface area contributed by atoms with Crippen LogP contribution in [0.1, 0.15) is 9.75 Å². The molecule has 1 amide bonds. The van der Waals surface area contributed by atoms with Gasteiger partial charge in [-0.3, -0.25) is 9.36 Å². The van der Waals surface area contributed by atoms with Gasteiger partial charge in [-0.15, -0.1) is 11.3 Å². The Hall–Kier alpha value is -4.56. The molecule has 0 saturated carbocycles. The van der Waals surface area contributed by atoms with Crippen LogP contribution in [-0.2, 0) is 22.7 Å². The van der Waals surface area contributed by atoms with Gasteiger partial charge in [0.1, 0.15) is 12.0 Å². The Kier molecular flexibility index (Phi) is 9.16. The molecule has 0 fully saturated rings.